The van der Waals surface area contributed by atoms with Crippen LogP contribution in [0.4, 0.5) is 18.9 Å². The van der Waals surface area contributed by atoms with Gasteiger partial charge in [0.1, 0.15) is 11.4 Å². The molecule has 0 atom stereocenters. The summed E-state index contributed by atoms with van der Waals surface area (Å²) in [7, 11) is 0. The topological polar surface area (TPSA) is 92.7 Å². The summed E-state index contributed by atoms with van der Waals surface area (Å²) in [5.74, 6) is -0.979. The number of anilines is 1. The Balaban J connectivity index is 1.19. The normalized spacial score (nSPS) is 11.3. The number of pyridine rings is 2. The van der Waals surface area contributed by atoms with Gasteiger partial charge in [0.15, 0.2) is 0 Å². The molecule has 0 spiro atoms. The number of carbonyl (C=O) groups is 1. The molecule has 0 saturated carbocycles. The fourth-order valence-corrected chi connectivity index (χ4v) is 5.02. The highest BCUT2D eigenvalue weighted by Gasteiger charge is 2.17. The Morgan fingerprint density at radius 3 is 2.44 bits per heavy atom. The lowest BCUT2D eigenvalue weighted by molar-refractivity contribution is 0.0566. The van der Waals surface area contributed by atoms with Gasteiger partial charge in [-0.1, -0.05) is 36.4 Å². The van der Waals surface area contributed by atoms with Crippen LogP contribution in [0.15, 0.2) is 102 Å². The number of halogens is 3. The third-order valence-corrected chi connectivity index (χ3v) is 7.23. The molecule has 0 saturated heterocycles. The van der Waals surface area contributed by atoms with E-state index < -0.39 is 23.7 Å². The van der Waals surface area contributed by atoms with Gasteiger partial charge < -0.3 is 10.3 Å². The Morgan fingerprint density at radius 1 is 0.977 bits per heavy atom. The lowest BCUT2D eigenvalue weighted by Crippen LogP contribution is -2.23. The van der Waals surface area contributed by atoms with Crippen LogP contribution in [0.3, 0.4) is 0 Å². The molecular formula is C33H24F3N5O2. The zero-order valence-electron chi connectivity index (χ0n) is 22.8. The maximum absolute atomic E-state index is 13.4. The standard InChI is InChI=1S/C33H24F3N5O2/c1-19-30(21-4-7-25(34)8-5-21)31(42)28(17-38-19)32(43)40-26-9-2-20(3-10-26)14-23-12-13-37-29-15-22(6-11-27(23)29)24-16-39-41(18-24)33(35)36/h2-13,15-18,33H,14H2,1H3,(H,38,42)(H,40,43). The highest BCUT2D eigenvalue weighted by Crippen LogP contribution is 2.27. The second-order valence-electron chi connectivity index (χ2n) is 10.1. The summed E-state index contributed by atoms with van der Waals surface area (Å²) in [6, 6.07) is 20.4. The molecule has 10 heteroatoms. The number of alkyl halides is 2. The first kappa shape index (κ1) is 27.6. The van der Waals surface area contributed by atoms with E-state index in [-0.39, 0.29) is 5.56 Å². The van der Waals surface area contributed by atoms with Gasteiger partial charge in [-0.15, -0.1) is 0 Å². The van der Waals surface area contributed by atoms with Crippen molar-refractivity contribution in [1.29, 1.82) is 0 Å². The van der Waals surface area contributed by atoms with Gasteiger partial charge in [-0.3, -0.25) is 14.6 Å². The Morgan fingerprint density at radius 2 is 1.72 bits per heavy atom. The molecule has 1 amide bonds. The number of aromatic nitrogens is 4. The zero-order valence-corrected chi connectivity index (χ0v) is 22.8. The van der Waals surface area contributed by atoms with Crippen LogP contribution in [0, 0.1) is 12.7 Å². The van der Waals surface area contributed by atoms with Crippen LogP contribution in [0.25, 0.3) is 33.2 Å². The minimum absolute atomic E-state index is 0.0572. The van der Waals surface area contributed by atoms with Crippen LogP contribution in [-0.4, -0.2) is 25.7 Å². The van der Waals surface area contributed by atoms with Gasteiger partial charge in [-0.05, 0) is 72.0 Å². The van der Waals surface area contributed by atoms with Gasteiger partial charge >= 0.3 is 6.55 Å². The molecule has 0 aliphatic heterocycles. The number of carbonyl (C=O) groups excluding carboxylic acids is 1. The van der Waals surface area contributed by atoms with Crippen LogP contribution in [0.1, 0.15) is 33.7 Å². The van der Waals surface area contributed by atoms with Crippen LogP contribution < -0.4 is 10.7 Å². The molecule has 0 radical (unpaired) electrons. The number of hydrogen-bond acceptors (Lipinski definition) is 4. The predicted molar refractivity (Wildman–Crippen MR) is 159 cm³/mol. The van der Waals surface area contributed by atoms with Gasteiger partial charge in [-0.2, -0.15) is 13.9 Å². The van der Waals surface area contributed by atoms with E-state index in [1.165, 1.54) is 42.9 Å². The number of aromatic amines is 1. The minimum Gasteiger partial charge on any atom is -0.364 e. The Labute approximate surface area is 243 Å². The van der Waals surface area contributed by atoms with Crippen molar-refractivity contribution in [3.8, 4) is 22.3 Å². The maximum Gasteiger partial charge on any atom is 0.333 e. The fourth-order valence-electron chi connectivity index (χ4n) is 5.02. The molecule has 43 heavy (non-hydrogen) atoms. The number of amides is 1. The Bertz CT molecular complexity index is 2020. The first-order valence-electron chi connectivity index (χ1n) is 13.4. The molecule has 2 N–H and O–H groups in total. The molecule has 3 aromatic heterocycles. The zero-order chi connectivity index (χ0) is 30.1. The highest BCUT2D eigenvalue weighted by atomic mass is 19.3. The van der Waals surface area contributed by atoms with Crippen LogP contribution in [-0.2, 0) is 6.42 Å². The molecule has 0 unspecified atom stereocenters. The van der Waals surface area contributed by atoms with E-state index in [0.717, 1.165) is 27.6 Å². The van der Waals surface area contributed by atoms with Crippen molar-refractivity contribution in [3.05, 3.63) is 136 Å². The molecule has 6 aromatic rings. The number of nitrogens with zero attached hydrogens (tertiary/aromatic N) is 3. The van der Waals surface area contributed by atoms with Crippen molar-refractivity contribution in [1.82, 2.24) is 19.7 Å². The summed E-state index contributed by atoms with van der Waals surface area (Å²) in [4.78, 5) is 33.6. The van der Waals surface area contributed by atoms with Gasteiger partial charge in [0.2, 0.25) is 5.43 Å². The first-order valence-corrected chi connectivity index (χ1v) is 13.4. The smallest absolute Gasteiger partial charge is 0.333 e. The van der Waals surface area contributed by atoms with Crippen molar-refractivity contribution in [2.24, 2.45) is 0 Å². The van der Waals surface area contributed by atoms with Crippen molar-refractivity contribution >= 4 is 22.5 Å². The summed E-state index contributed by atoms with van der Waals surface area (Å²) >= 11 is 0. The van der Waals surface area contributed by atoms with E-state index >= 15 is 0 Å². The minimum atomic E-state index is -2.70. The van der Waals surface area contributed by atoms with E-state index in [1.54, 1.807) is 25.3 Å². The van der Waals surface area contributed by atoms with Gasteiger partial charge in [0.05, 0.1) is 11.7 Å². The molecule has 3 aromatic carbocycles. The molecule has 7 nitrogen and oxygen atoms in total. The van der Waals surface area contributed by atoms with Crippen molar-refractivity contribution < 1.29 is 18.0 Å². The monoisotopic (exact) mass is 579 g/mol. The summed E-state index contributed by atoms with van der Waals surface area (Å²) in [5.41, 5.74) is 5.46. The first-order chi connectivity index (χ1) is 20.8. The lowest BCUT2D eigenvalue weighted by Gasteiger charge is -2.11. The summed E-state index contributed by atoms with van der Waals surface area (Å²) in [5, 5.41) is 7.41. The second-order valence-corrected chi connectivity index (χ2v) is 10.1. The molecule has 0 fully saturated rings. The van der Waals surface area contributed by atoms with E-state index in [1.807, 2.05) is 36.4 Å². The Hall–Kier alpha value is -5.51. The lowest BCUT2D eigenvalue weighted by atomic mass is 9.99. The van der Waals surface area contributed by atoms with E-state index in [0.29, 0.717) is 39.2 Å². The van der Waals surface area contributed by atoms with E-state index in [2.05, 4.69) is 20.4 Å². The van der Waals surface area contributed by atoms with E-state index in [9.17, 15) is 22.8 Å². The number of benzene rings is 3. The number of rotatable bonds is 7. The van der Waals surface area contributed by atoms with Crippen LogP contribution in [0.5, 0.6) is 0 Å². The Kier molecular flexibility index (Phi) is 7.33. The molecule has 0 bridgehead atoms. The van der Waals surface area contributed by atoms with Crippen molar-refractivity contribution in [3.63, 3.8) is 0 Å². The summed E-state index contributed by atoms with van der Waals surface area (Å²) < 4.78 is 39.9. The predicted octanol–water partition coefficient (Wildman–Crippen LogP) is 7.14. The van der Waals surface area contributed by atoms with Crippen LogP contribution in [0.2, 0.25) is 0 Å². The number of fused-ring (bicyclic) bond motifs is 1. The highest BCUT2D eigenvalue weighted by molar-refractivity contribution is 6.04. The molecule has 6 rings (SSSR count). The average molecular weight is 580 g/mol. The largest absolute Gasteiger partial charge is 0.364 e. The van der Waals surface area contributed by atoms with Gasteiger partial charge in [-0.25, -0.2) is 9.07 Å². The van der Waals surface area contributed by atoms with Crippen LogP contribution >= 0.6 is 0 Å². The van der Waals surface area contributed by atoms with E-state index in [4.69, 9.17) is 0 Å². The third kappa shape index (κ3) is 5.67. The molecule has 0 aliphatic rings. The number of H-pyrrole nitrogens is 1. The van der Waals surface area contributed by atoms with Gasteiger partial charge in [0, 0.05) is 46.5 Å². The number of hydrogen-bond donors (Lipinski definition) is 2. The quantitative estimate of drug-likeness (QED) is 0.210. The van der Waals surface area contributed by atoms with Crippen molar-refractivity contribution in [2.45, 2.75) is 19.9 Å². The van der Waals surface area contributed by atoms with Gasteiger partial charge in [0.25, 0.3) is 5.91 Å². The molecule has 3 heterocycles. The maximum atomic E-state index is 13.4. The fraction of sp³-hybridized carbons (Fsp3) is 0.0909. The number of nitrogens with one attached hydrogen (secondary N) is 2. The summed E-state index contributed by atoms with van der Waals surface area (Å²) in [6.07, 6.45) is 6.37. The third-order valence-electron chi connectivity index (χ3n) is 7.23. The molecule has 0 aliphatic carbocycles. The molecule has 214 valence electrons. The molecular weight excluding hydrogens is 555 g/mol. The van der Waals surface area contributed by atoms with Crippen molar-refractivity contribution in [2.75, 3.05) is 5.32 Å². The SMILES string of the molecule is Cc1[nH]cc(C(=O)Nc2ccc(Cc3ccnc4cc(-c5cnn(C(F)F)c5)ccc34)cc2)c(=O)c1-c1ccc(F)cc1. The second kappa shape index (κ2) is 11.4. The number of aryl methyl sites for hydroxylation is 1. The summed E-state index contributed by atoms with van der Waals surface area (Å²) in [6.45, 7) is -0.985. The average Bonchev–Trinajstić information content (AvgIpc) is 3.50.